The fourth-order valence-corrected chi connectivity index (χ4v) is 1.19. The van der Waals surface area contributed by atoms with E-state index in [1.54, 1.807) is 6.92 Å². The molecule has 64 valence electrons. The van der Waals surface area contributed by atoms with Gasteiger partial charge >= 0.3 is 0 Å². The average Bonchev–Trinajstić information content (AvgIpc) is 2.28. The maximum Gasteiger partial charge on any atom is 0.189 e. The molecule has 1 heterocycles. The lowest BCUT2D eigenvalue weighted by Crippen LogP contribution is -1.99. The van der Waals surface area contributed by atoms with Crippen molar-refractivity contribution in [3.8, 4) is 0 Å². The molecule has 12 heavy (non-hydrogen) atoms. The first kappa shape index (κ1) is 8.78. The average molecular weight is 163 g/mol. The van der Waals surface area contributed by atoms with Crippen LogP contribution in [0.1, 0.15) is 28.7 Å². The van der Waals surface area contributed by atoms with Crippen LogP contribution in [0.2, 0.25) is 0 Å². The Bertz CT molecular complexity index is 334. The van der Waals surface area contributed by atoms with Crippen LogP contribution in [-0.2, 0) is 0 Å². The van der Waals surface area contributed by atoms with E-state index in [1.165, 1.54) is 0 Å². The molecule has 0 aliphatic heterocycles. The van der Waals surface area contributed by atoms with Crippen molar-refractivity contribution in [2.75, 3.05) is 0 Å². The smallest absolute Gasteiger partial charge is 0.189 e. The van der Waals surface area contributed by atoms with Crippen LogP contribution in [0.25, 0.3) is 0 Å². The quantitative estimate of drug-likeness (QED) is 0.527. The second-order valence-electron chi connectivity index (χ2n) is 3.10. The standard InChI is InChI=1S/C10H13NO/c1-6(2)10(12)9-5-7(3)11-8(9)4/h5,11H,1H2,2-4H3. The van der Waals surface area contributed by atoms with Gasteiger partial charge in [-0.05, 0) is 32.4 Å². The molecule has 0 saturated carbocycles. The number of carbonyl (C=O) groups is 1. The van der Waals surface area contributed by atoms with E-state index in [-0.39, 0.29) is 5.78 Å². The van der Waals surface area contributed by atoms with Crippen molar-refractivity contribution in [2.45, 2.75) is 20.8 Å². The van der Waals surface area contributed by atoms with Gasteiger partial charge in [0.2, 0.25) is 0 Å². The SMILES string of the molecule is C=C(C)C(=O)c1cc(C)[nH]c1C. The molecule has 0 saturated heterocycles. The highest BCUT2D eigenvalue weighted by molar-refractivity contribution is 6.08. The zero-order chi connectivity index (χ0) is 9.30. The summed E-state index contributed by atoms with van der Waals surface area (Å²) in [4.78, 5) is 14.5. The van der Waals surface area contributed by atoms with E-state index in [9.17, 15) is 4.79 Å². The summed E-state index contributed by atoms with van der Waals surface area (Å²) in [6, 6.07) is 1.85. The summed E-state index contributed by atoms with van der Waals surface area (Å²) in [7, 11) is 0. The fraction of sp³-hybridized carbons (Fsp3) is 0.300. The highest BCUT2D eigenvalue weighted by atomic mass is 16.1. The molecule has 0 aliphatic carbocycles. The topological polar surface area (TPSA) is 32.9 Å². The molecule has 1 rings (SSSR count). The Morgan fingerprint density at radius 3 is 2.42 bits per heavy atom. The van der Waals surface area contributed by atoms with Gasteiger partial charge in [0.1, 0.15) is 0 Å². The van der Waals surface area contributed by atoms with Crippen molar-refractivity contribution in [1.82, 2.24) is 4.98 Å². The van der Waals surface area contributed by atoms with Gasteiger partial charge < -0.3 is 4.98 Å². The normalized spacial score (nSPS) is 9.92. The molecule has 0 amide bonds. The third-order valence-electron chi connectivity index (χ3n) is 1.78. The fourth-order valence-electron chi connectivity index (χ4n) is 1.19. The summed E-state index contributed by atoms with van der Waals surface area (Å²) >= 11 is 0. The van der Waals surface area contributed by atoms with Gasteiger partial charge in [-0.2, -0.15) is 0 Å². The predicted molar refractivity (Wildman–Crippen MR) is 49.4 cm³/mol. The van der Waals surface area contributed by atoms with E-state index >= 15 is 0 Å². The molecule has 2 nitrogen and oxygen atoms in total. The van der Waals surface area contributed by atoms with E-state index in [2.05, 4.69) is 11.6 Å². The lowest BCUT2D eigenvalue weighted by Gasteiger charge is -1.96. The van der Waals surface area contributed by atoms with Crippen molar-refractivity contribution < 1.29 is 4.79 Å². The second-order valence-corrected chi connectivity index (χ2v) is 3.10. The Kier molecular flexibility index (Phi) is 2.18. The van der Waals surface area contributed by atoms with E-state index in [0.717, 1.165) is 17.0 Å². The van der Waals surface area contributed by atoms with E-state index in [4.69, 9.17) is 0 Å². The summed E-state index contributed by atoms with van der Waals surface area (Å²) in [5.74, 6) is 0.0249. The Morgan fingerprint density at radius 2 is 2.08 bits per heavy atom. The number of Topliss-reactive ketones (excluding diaryl/α,β-unsaturated/α-hetero) is 1. The third-order valence-corrected chi connectivity index (χ3v) is 1.78. The molecule has 0 unspecified atom stereocenters. The number of nitrogens with one attached hydrogen (secondary N) is 1. The van der Waals surface area contributed by atoms with Gasteiger partial charge in [-0.3, -0.25) is 4.79 Å². The summed E-state index contributed by atoms with van der Waals surface area (Å²) in [6.07, 6.45) is 0. The van der Waals surface area contributed by atoms with Gasteiger partial charge in [0.15, 0.2) is 5.78 Å². The van der Waals surface area contributed by atoms with Crippen LogP contribution in [0.15, 0.2) is 18.2 Å². The molecule has 1 N–H and O–H groups in total. The number of hydrogen-bond donors (Lipinski definition) is 1. The Morgan fingerprint density at radius 1 is 1.50 bits per heavy atom. The molecule has 0 bridgehead atoms. The summed E-state index contributed by atoms with van der Waals surface area (Å²) in [5, 5.41) is 0. The summed E-state index contributed by atoms with van der Waals surface area (Å²) < 4.78 is 0. The van der Waals surface area contributed by atoms with Gasteiger partial charge in [0, 0.05) is 17.0 Å². The minimum atomic E-state index is 0.0249. The van der Waals surface area contributed by atoms with Gasteiger partial charge in [-0.1, -0.05) is 6.58 Å². The van der Waals surface area contributed by atoms with Gasteiger partial charge in [-0.25, -0.2) is 0 Å². The molecule has 0 spiro atoms. The van der Waals surface area contributed by atoms with Crippen LogP contribution < -0.4 is 0 Å². The zero-order valence-corrected chi connectivity index (χ0v) is 7.69. The van der Waals surface area contributed by atoms with E-state index < -0.39 is 0 Å². The van der Waals surface area contributed by atoms with Crippen molar-refractivity contribution in [3.05, 3.63) is 35.2 Å². The minimum absolute atomic E-state index is 0.0249. The molecule has 0 radical (unpaired) electrons. The van der Waals surface area contributed by atoms with Gasteiger partial charge in [0.25, 0.3) is 0 Å². The minimum Gasteiger partial charge on any atom is -0.362 e. The van der Waals surface area contributed by atoms with E-state index in [1.807, 2.05) is 19.9 Å². The van der Waals surface area contributed by atoms with Crippen LogP contribution in [-0.4, -0.2) is 10.8 Å². The number of aromatic amines is 1. The first-order chi connectivity index (χ1) is 5.52. The molecule has 0 aromatic carbocycles. The molecule has 0 aliphatic rings. The van der Waals surface area contributed by atoms with Gasteiger partial charge in [0.05, 0.1) is 0 Å². The highest BCUT2D eigenvalue weighted by Gasteiger charge is 2.11. The molecule has 1 aromatic heterocycles. The first-order valence-electron chi connectivity index (χ1n) is 3.89. The van der Waals surface area contributed by atoms with Crippen molar-refractivity contribution in [2.24, 2.45) is 0 Å². The number of hydrogen-bond acceptors (Lipinski definition) is 1. The molecule has 0 fully saturated rings. The van der Waals surface area contributed by atoms with Gasteiger partial charge in [-0.15, -0.1) is 0 Å². The number of rotatable bonds is 2. The first-order valence-corrected chi connectivity index (χ1v) is 3.89. The van der Waals surface area contributed by atoms with Crippen molar-refractivity contribution in [1.29, 1.82) is 0 Å². The maximum absolute atomic E-state index is 11.5. The number of allylic oxidation sites excluding steroid dienone is 1. The monoisotopic (exact) mass is 163 g/mol. The third kappa shape index (κ3) is 1.47. The molecule has 0 atom stereocenters. The Hall–Kier alpha value is -1.31. The molecule has 1 aromatic rings. The summed E-state index contributed by atoms with van der Waals surface area (Å²) in [6.45, 7) is 9.17. The van der Waals surface area contributed by atoms with E-state index in [0.29, 0.717) is 5.57 Å². The molecular weight excluding hydrogens is 150 g/mol. The highest BCUT2D eigenvalue weighted by Crippen LogP contribution is 2.13. The number of aromatic nitrogens is 1. The predicted octanol–water partition coefficient (Wildman–Crippen LogP) is 2.39. The lowest BCUT2D eigenvalue weighted by atomic mass is 10.1. The Balaban J connectivity index is 3.11. The maximum atomic E-state index is 11.5. The number of carbonyl (C=O) groups excluding carboxylic acids is 1. The van der Waals surface area contributed by atoms with Crippen LogP contribution >= 0.6 is 0 Å². The van der Waals surface area contributed by atoms with Crippen LogP contribution in [0.5, 0.6) is 0 Å². The number of H-pyrrole nitrogens is 1. The van der Waals surface area contributed by atoms with Crippen LogP contribution in [0.3, 0.4) is 0 Å². The Labute approximate surface area is 72.3 Å². The zero-order valence-electron chi connectivity index (χ0n) is 7.69. The number of ketones is 1. The molecular formula is C10H13NO. The largest absolute Gasteiger partial charge is 0.362 e. The van der Waals surface area contributed by atoms with Crippen molar-refractivity contribution in [3.63, 3.8) is 0 Å². The van der Waals surface area contributed by atoms with Crippen LogP contribution in [0, 0.1) is 13.8 Å². The number of aryl methyl sites for hydroxylation is 2. The van der Waals surface area contributed by atoms with Crippen molar-refractivity contribution >= 4 is 5.78 Å². The lowest BCUT2D eigenvalue weighted by molar-refractivity contribution is 0.103. The molecule has 2 heteroatoms. The summed E-state index contributed by atoms with van der Waals surface area (Å²) in [5.41, 5.74) is 3.25. The second kappa shape index (κ2) is 2.97. The van der Waals surface area contributed by atoms with Crippen LogP contribution in [0.4, 0.5) is 0 Å².